The van der Waals surface area contributed by atoms with Crippen molar-refractivity contribution in [2.45, 2.75) is 63.5 Å². The predicted octanol–water partition coefficient (Wildman–Crippen LogP) is 3.44. The van der Waals surface area contributed by atoms with Gasteiger partial charge in [-0.3, -0.25) is 9.59 Å². The minimum atomic E-state index is -0.205. The normalized spacial score (nSPS) is 19.2. The maximum Gasteiger partial charge on any atom is 0.250 e. The van der Waals surface area contributed by atoms with Crippen molar-refractivity contribution >= 4 is 5.91 Å². The molecule has 0 spiro atoms. The van der Waals surface area contributed by atoms with Crippen LogP contribution in [-0.2, 0) is 40.7 Å². The number of amides is 1. The summed E-state index contributed by atoms with van der Waals surface area (Å²) in [5, 5.41) is 3.44. The number of nitrogens with zero attached hydrogens (tertiary/aromatic N) is 2. The molecule has 214 valence electrons. The van der Waals surface area contributed by atoms with Crippen molar-refractivity contribution in [3.8, 4) is 5.75 Å². The summed E-state index contributed by atoms with van der Waals surface area (Å²) in [6.07, 6.45) is 8.32. The second-order valence-corrected chi connectivity index (χ2v) is 11.0. The summed E-state index contributed by atoms with van der Waals surface area (Å²) in [7, 11) is 6.94. The largest absolute Gasteiger partial charge is 0.496 e. The van der Waals surface area contributed by atoms with Crippen molar-refractivity contribution in [3.63, 3.8) is 0 Å². The van der Waals surface area contributed by atoms with E-state index < -0.39 is 0 Å². The van der Waals surface area contributed by atoms with E-state index in [2.05, 4.69) is 22.3 Å². The fourth-order valence-electron chi connectivity index (χ4n) is 5.84. The average Bonchev–Trinajstić information content (AvgIpc) is 3.78. The number of methoxy groups -OCH3 is 3. The third kappa shape index (κ3) is 7.50. The van der Waals surface area contributed by atoms with E-state index in [0.717, 1.165) is 68.4 Å². The van der Waals surface area contributed by atoms with Gasteiger partial charge in [-0.05, 0) is 80.2 Å². The molecule has 39 heavy (non-hydrogen) atoms. The summed E-state index contributed by atoms with van der Waals surface area (Å²) in [4.78, 5) is 28.7. The van der Waals surface area contributed by atoms with E-state index in [9.17, 15) is 9.59 Å². The maximum absolute atomic E-state index is 14.2. The Morgan fingerprint density at radius 2 is 1.74 bits per heavy atom. The van der Waals surface area contributed by atoms with Crippen molar-refractivity contribution in [1.82, 2.24) is 14.8 Å². The van der Waals surface area contributed by atoms with Gasteiger partial charge >= 0.3 is 0 Å². The molecule has 2 atom stereocenters. The lowest BCUT2D eigenvalue weighted by Crippen LogP contribution is -2.47. The molecule has 8 nitrogen and oxygen atoms in total. The fraction of sp³-hybridized carbons (Fsp3) is 0.613. The summed E-state index contributed by atoms with van der Waals surface area (Å²) >= 11 is 0. The number of piperidine rings is 1. The van der Waals surface area contributed by atoms with Gasteiger partial charge in [-0.25, -0.2) is 0 Å². The third-order valence-electron chi connectivity index (χ3n) is 8.08. The topological polar surface area (TPSA) is 82.0 Å². The lowest BCUT2D eigenvalue weighted by atomic mass is 9.80. The summed E-state index contributed by atoms with van der Waals surface area (Å²) in [5.41, 5.74) is 4.41. The van der Waals surface area contributed by atoms with E-state index in [-0.39, 0.29) is 29.3 Å². The molecule has 1 aromatic heterocycles. The first kappa shape index (κ1) is 29.3. The SMILES string of the molecule is COCCCc1cc(CCCOC)c(OC)c(CN(C(=O)C2CNCCC2c2ccn(C)c(=O)c2)C2CC2)c1. The number of hydrogen-bond donors (Lipinski definition) is 1. The first-order valence-corrected chi connectivity index (χ1v) is 14.3. The minimum absolute atomic E-state index is 0.0285. The molecule has 2 fully saturated rings. The Hall–Kier alpha value is -2.68. The van der Waals surface area contributed by atoms with Crippen LogP contribution in [0.15, 0.2) is 35.3 Å². The quantitative estimate of drug-likeness (QED) is 0.371. The Kier molecular flexibility index (Phi) is 10.6. The molecular formula is C31H45N3O5. The number of carbonyl (C=O) groups is 1. The van der Waals surface area contributed by atoms with Gasteiger partial charge in [0.05, 0.1) is 13.0 Å². The molecule has 1 saturated carbocycles. The van der Waals surface area contributed by atoms with Crippen molar-refractivity contribution in [2.24, 2.45) is 13.0 Å². The average molecular weight is 540 g/mol. The van der Waals surface area contributed by atoms with Gasteiger partial charge in [-0.1, -0.05) is 12.1 Å². The number of ether oxygens (including phenoxy) is 3. The number of carbonyl (C=O) groups excluding carboxylic acids is 1. The van der Waals surface area contributed by atoms with Crippen LogP contribution in [0.5, 0.6) is 5.75 Å². The summed E-state index contributed by atoms with van der Waals surface area (Å²) in [6.45, 7) is 3.40. The van der Waals surface area contributed by atoms with Gasteiger partial charge in [0, 0.05) is 71.4 Å². The van der Waals surface area contributed by atoms with Crippen LogP contribution in [0.1, 0.15) is 60.3 Å². The molecule has 2 heterocycles. The first-order valence-electron chi connectivity index (χ1n) is 14.3. The van der Waals surface area contributed by atoms with Crippen LogP contribution in [0.3, 0.4) is 0 Å². The maximum atomic E-state index is 14.2. The molecule has 4 rings (SSSR count). The Bertz CT molecular complexity index is 1160. The monoisotopic (exact) mass is 539 g/mol. The summed E-state index contributed by atoms with van der Waals surface area (Å²) in [6, 6.07) is 8.42. The van der Waals surface area contributed by atoms with Gasteiger partial charge in [0.15, 0.2) is 0 Å². The van der Waals surface area contributed by atoms with Gasteiger partial charge in [0.2, 0.25) is 5.91 Å². The first-order chi connectivity index (χ1) is 19.0. The van der Waals surface area contributed by atoms with E-state index in [1.807, 2.05) is 12.3 Å². The zero-order chi connectivity index (χ0) is 27.8. The molecule has 1 aromatic carbocycles. The number of pyridine rings is 1. The van der Waals surface area contributed by atoms with Gasteiger partial charge in [-0.2, -0.15) is 0 Å². The van der Waals surface area contributed by atoms with Gasteiger partial charge in [-0.15, -0.1) is 0 Å². The number of aryl methyl sites for hydroxylation is 3. The summed E-state index contributed by atoms with van der Waals surface area (Å²) in [5.74, 6) is 0.873. The van der Waals surface area contributed by atoms with E-state index >= 15 is 0 Å². The number of benzene rings is 1. The molecule has 2 unspecified atom stereocenters. The smallest absolute Gasteiger partial charge is 0.250 e. The van der Waals surface area contributed by atoms with Gasteiger partial charge < -0.3 is 29.0 Å². The van der Waals surface area contributed by atoms with Crippen LogP contribution in [-0.4, -0.2) is 69.0 Å². The zero-order valence-electron chi connectivity index (χ0n) is 24.0. The van der Waals surface area contributed by atoms with E-state index in [1.165, 1.54) is 11.1 Å². The highest BCUT2D eigenvalue weighted by atomic mass is 16.5. The van der Waals surface area contributed by atoms with Crippen LogP contribution >= 0.6 is 0 Å². The van der Waals surface area contributed by atoms with E-state index in [1.54, 1.807) is 39.0 Å². The van der Waals surface area contributed by atoms with Crippen molar-refractivity contribution in [1.29, 1.82) is 0 Å². The molecule has 2 aromatic rings. The molecule has 1 N–H and O–H groups in total. The second kappa shape index (κ2) is 14.1. The Morgan fingerprint density at radius 1 is 1.03 bits per heavy atom. The lowest BCUT2D eigenvalue weighted by molar-refractivity contribution is -0.138. The highest BCUT2D eigenvalue weighted by Crippen LogP contribution is 2.37. The highest BCUT2D eigenvalue weighted by molar-refractivity contribution is 5.81. The fourth-order valence-corrected chi connectivity index (χ4v) is 5.84. The number of rotatable bonds is 14. The predicted molar refractivity (Wildman–Crippen MR) is 152 cm³/mol. The molecule has 1 aliphatic heterocycles. The Balaban J connectivity index is 1.62. The molecule has 2 aliphatic rings. The highest BCUT2D eigenvalue weighted by Gasteiger charge is 2.40. The van der Waals surface area contributed by atoms with Crippen molar-refractivity contribution in [2.75, 3.05) is 47.6 Å². The minimum Gasteiger partial charge on any atom is -0.496 e. The molecule has 1 aliphatic carbocycles. The summed E-state index contributed by atoms with van der Waals surface area (Å²) < 4.78 is 18.1. The Labute approximate surface area is 232 Å². The molecular weight excluding hydrogens is 494 g/mol. The molecule has 0 radical (unpaired) electrons. The van der Waals surface area contributed by atoms with Crippen LogP contribution in [0, 0.1) is 5.92 Å². The molecule has 1 saturated heterocycles. The molecule has 8 heteroatoms. The van der Waals surface area contributed by atoms with E-state index in [4.69, 9.17) is 14.2 Å². The van der Waals surface area contributed by atoms with Crippen molar-refractivity contribution in [3.05, 3.63) is 63.1 Å². The zero-order valence-corrected chi connectivity index (χ0v) is 24.0. The van der Waals surface area contributed by atoms with Gasteiger partial charge in [0.1, 0.15) is 5.75 Å². The van der Waals surface area contributed by atoms with Crippen LogP contribution in [0.4, 0.5) is 0 Å². The lowest BCUT2D eigenvalue weighted by Gasteiger charge is -2.36. The van der Waals surface area contributed by atoms with Crippen LogP contribution < -0.4 is 15.6 Å². The van der Waals surface area contributed by atoms with Crippen LogP contribution in [0.2, 0.25) is 0 Å². The van der Waals surface area contributed by atoms with Crippen LogP contribution in [0.25, 0.3) is 0 Å². The number of nitrogens with one attached hydrogen (secondary N) is 1. The standard InChI is InChI=1S/C31H45N3O5/c1-33-14-12-23(19-29(33)35)27-11-13-32-20-28(27)31(36)34(26-9-10-26)21-25-18-22(7-5-15-37-2)17-24(30(25)39-4)8-6-16-38-3/h12,14,17-19,26-28,32H,5-11,13,15-16,20-21H2,1-4H3. The van der Waals surface area contributed by atoms with E-state index in [0.29, 0.717) is 26.3 Å². The second-order valence-electron chi connectivity index (χ2n) is 11.0. The Morgan fingerprint density at radius 3 is 2.41 bits per heavy atom. The molecule has 0 bridgehead atoms. The third-order valence-corrected chi connectivity index (χ3v) is 8.08. The van der Waals surface area contributed by atoms with Crippen molar-refractivity contribution < 1.29 is 19.0 Å². The molecule has 1 amide bonds. The van der Waals surface area contributed by atoms with Gasteiger partial charge in [0.25, 0.3) is 5.56 Å². The number of aromatic nitrogens is 1. The number of hydrogen-bond acceptors (Lipinski definition) is 6.